The van der Waals surface area contributed by atoms with Crippen LogP contribution in [0.25, 0.3) is 6.08 Å². The monoisotopic (exact) mass is 236 g/mol. The van der Waals surface area contributed by atoms with E-state index in [1.807, 2.05) is 48.9 Å². The van der Waals surface area contributed by atoms with Crippen LogP contribution in [0.3, 0.4) is 0 Å². The highest BCUT2D eigenvalue weighted by molar-refractivity contribution is 5.69. The first-order chi connectivity index (χ1) is 8.27. The molecule has 0 amide bonds. The lowest BCUT2D eigenvalue weighted by molar-refractivity contribution is -0.151. The molecule has 0 bridgehead atoms. The van der Waals surface area contributed by atoms with Crippen molar-refractivity contribution in [3.8, 4) is 5.75 Å². The summed E-state index contributed by atoms with van der Waals surface area (Å²) in [5.74, 6) is 5.11. The minimum Gasteiger partial charge on any atom is -0.492 e. The number of carbonyl (C=O) groups is 1. The lowest BCUT2D eigenvalue weighted by Gasteiger charge is -2.08. The van der Waals surface area contributed by atoms with Gasteiger partial charge in [-0.05, 0) is 13.0 Å². The van der Waals surface area contributed by atoms with Gasteiger partial charge in [0.05, 0.1) is 13.0 Å². The summed E-state index contributed by atoms with van der Waals surface area (Å²) >= 11 is 0. The Hall–Kier alpha value is -1.85. The Bertz CT molecular complexity index is 391. The maximum absolute atomic E-state index is 11.0. The van der Waals surface area contributed by atoms with Crippen LogP contribution in [0.15, 0.2) is 30.3 Å². The van der Waals surface area contributed by atoms with E-state index in [-0.39, 0.29) is 13.0 Å². The van der Waals surface area contributed by atoms with Gasteiger partial charge in [0, 0.05) is 5.56 Å². The summed E-state index contributed by atoms with van der Waals surface area (Å²) in [6, 6.07) is 7.59. The predicted molar refractivity (Wildman–Crippen MR) is 64.7 cm³/mol. The van der Waals surface area contributed by atoms with E-state index < -0.39 is 5.97 Å². The fraction of sp³-hybridized carbons (Fsp3) is 0.250. The third kappa shape index (κ3) is 4.67. The van der Waals surface area contributed by atoms with E-state index in [1.54, 1.807) is 0 Å². The van der Waals surface area contributed by atoms with Crippen LogP contribution in [0.2, 0.25) is 0 Å². The molecule has 0 aliphatic rings. The van der Waals surface area contributed by atoms with Gasteiger partial charge in [0.15, 0.2) is 0 Å². The SMILES string of the molecule is CC=Cc1ccccc1OCCC(=O)ONN. The molecule has 5 nitrogen and oxygen atoms in total. The zero-order valence-electron chi connectivity index (χ0n) is 9.68. The zero-order chi connectivity index (χ0) is 12.5. The van der Waals surface area contributed by atoms with Gasteiger partial charge in [-0.15, -0.1) is 0 Å². The second-order valence-electron chi connectivity index (χ2n) is 3.23. The van der Waals surface area contributed by atoms with Gasteiger partial charge in [0.1, 0.15) is 5.75 Å². The number of nitrogens with one attached hydrogen (secondary N) is 1. The Labute approximate surface area is 100 Å². The van der Waals surface area contributed by atoms with Gasteiger partial charge < -0.3 is 9.57 Å². The number of ether oxygens (including phenoxy) is 1. The number of hydrogen-bond donors (Lipinski definition) is 2. The van der Waals surface area contributed by atoms with Crippen LogP contribution in [0, 0.1) is 0 Å². The van der Waals surface area contributed by atoms with Crippen LogP contribution in [-0.4, -0.2) is 12.6 Å². The van der Waals surface area contributed by atoms with E-state index in [4.69, 9.17) is 10.6 Å². The standard InChI is InChI=1S/C12H16N2O3/c1-2-5-10-6-3-4-7-11(10)16-9-8-12(15)17-14-13/h2-7,14H,8-9,13H2,1H3. The number of hydrazine groups is 1. The van der Waals surface area contributed by atoms with Gasteiger partial charge in [0.25, 0.3) is 0 Å². The molecule has 0 unspecified atom stereocenters. The molecule has 0 atom stereocenters. The highest BCUT2D eigenvalue weighted by atomic mass is 16.7. The number of benzene rings is 1. The molecule has 0 heterocycles. The first-order valence-electron chi connectivity index (χ1n) is 5.27. The van der Waals surface area contributed by atoms with E-state index in [2.05, 4.69) is 4.84 Å². The van der Waals surface area contributed by atoms with E-state index in [1.165, 1.54) is 0 Å². The van der Waals surface area contributed by atoms with Crippen LogP contribution < -0.4 is 16.2 Å². The van der Waals surface area contributed by atoms with Gasteiger partial charge in [-0.3, -0.25) is 4.79 Å². The first kappa shape index (κ1) is 13.2. The summed E-state index contributed by atoms with van der Waals surface area (Å²) in [5, 5.41) is 0. The van der Waals surface area contributed by atoms with Gasteiger partial charge in [-0.2, -0.15) is 0 Å². The molecule has 0 saturated carbocycles. The Morgan fingerprint density at radius 3 is 2.94 bits per heavy atom. The molecular weight excluding hydrogens is 220 g/mol. The number of carbonyl (C=O) groups excluding carboxylic acids is 1. The lowest BCUT2D eigenvalue weighted by atomic mass is 10.2. The molecule has 3 N–H and O–H groups in total. The summed E-state index contributed by atoms with van der Waals surface area (Å²) in [6.45, 7) is 2.18. The first-order valence-corrected chi connectivity index (χ1v) is 5.27. The van der Waals surface area contributed by atoms with Crippen molar-refractivity contribution < 1.29 is 14.4 Å². The van der Waals surface area contributed by atoms with Gasteiger partial charge >= 0.3 is 5.97 Å². The van der Waals surface area contributed by atoms with Gasteiger partial charge in [-0.1, -0.05) is 35.9 Å². The van der Waals surface area contributed by atoms with E-state index in [9.17, 15) is 4.79 Å². The topological polar surface area (TPSA) is 73.6 Å². The van der Waals surface area contributed by atoms with Crippen LogP contribution in [-0.2, 0) is 9.63 Å². The van der Waals surface area contributed by atoms with Crippen LogP contribution in [0.5, 0.6) is 5.75 Å². The number of hydrogen-bond acceptors (Lipinski definition) is 5. The van der Waals surface area contributed by atoms with Gasteiger partial charge in [0.2, 0.25) is 0 Å². The molecule has 0 radical (unpaired) electrons. The molecule has 0 aliphatic heterocycles. The number of nitrogens with two attached hydrogens (primary N) is 1. The summed E-state index contributed by atoms with van der Waals surface area (Å²) in [7, 11) is 0. The summed E-state index contributed by atoms with van der Waals surface area (Å²) in [6.07, 6.45) is 4.00. The molecule has 0 spiro atoms. The van der Waals surface area contributed by atoms with Crippen molar-refractivity contribution in [2.75, 3.05) is 6.61 Å². The highest BCUT2D eigenvalue weighted by Gasteiger charge is 2.04. The maximum Gasteiger partial charge on any atom is 0.329 e. The predicted octanol–water partition coefficient (Wildman–Crippen LogP) is 1.41. The summed E-state index contributed by atoms with van der Waals surface area (Å²) in [4.78, 5) is 15.3. The molecule has 17 heavy (non-hydrogen) atoms. The van der Waals surface area contributed by atoms with E-state index >= 15 is 0 Å². The molecule has 0 saturated heterocycles. The second kappa shape index (κ2) is 7.43. The van der Waals surface area contributed by atoms with Crippen molar-refractivity contribution in [1.29, 1.82) is 0 Å². The largest absolute Gasteiger partial charge is 0.492 e. The Balaban J connectivity index is 2.48. The van der Waals surface area contributed by atoms with Crippen LogP contribution in [0.1, 0.15) is 18.9 Å². The van der Waals surface area contributed by atoms with Crippen LogP contribution >= 0.6 is 0 Å². The van der Waals surface area contributed by atoms with E-state index in [0.29, 0.717) is 0 Å². The summed E-state index contributed by atoms with van der Waals surface area (Å²) < 4.78 is 5.49. The van der Waals surface area contributed by atoms with Crippen molar-refractivity contribution in [1.82, 2.24) is 5.59 Å². The Kier molecular flexibility index (Phi) is 5.77. The van der Waals surface area contributed by atoms with Crippen molar-refractivity contribution in [3.63, 3.8) is 0 Å². The van der Waals surface area contributed by atoms with Crippen molar-refractivity contribution in [3.05, 3.63) is 35.9 Å². The molecule has 92 valence electrons. The van der Waals surface area contributed by atoms with Gasteiger partial charge in [-0.25, -0.2) is 5.84 Å². The highest BCUT2D eigenvalue weighted by Crippen LogP contribution is 2.19. The van der Waals surface area contributed by atoms with Crippen LogP contribution in [0.4, 0.5) is 0 Å². The third-order valence-electron chi connectivity index (χ3n) is 2.00. The normalized spacial score (nSPS) is 10.5. The van der Waals surface area contributed by atoms with E-state index in [0.717, 1.165) is 11.3 Å². The minimum atomic E-state index is -0.462. The fourth-order valence-electron chi connectivity index (χ4n) is 1.29. The van der Waals surface area contributed by atoms with Crippen molar-refractivity contribution >= 4 is 12.0 Å². The molecule has 0 aromatic heterocycles. The second-order valence-corrected chi connectivity index (χ2v) is 3.23. The number of rotatable bonds is 6. The number of allylic oxidation sites excluding steroid dienone is 1. The molecule has 1 aromatic carbocycles. The maximum atomic E-state index is 11.0. The smallest absolute Gasteiger partial charge is 0.329 e. The third-order valence-corrected chi connectivity index (χ3v) is 2.00. The molecule has 5 heteroatoms. The number of para-hydroxylation sites is 1. The fourth-order valence-corrected chi connectivity index (χ4v) is 1.29. The minimum absolute atomic E-state index is 0.133. The molecule has 1 rings (SSSR count). The molecule has 0 aliphatic carbocycles. The lowest BCUT2D eigenvalue weighted by Crippen LogP contribution is -2.26. The average Bonchev–Trinajstić information content (AvgIpc) is 2.32. The quantitative estimate of drug-likeness (QED) is 0.577. The average molecular weight is 236 g/mol. The zero-order valence-corrected chi connectivity index (χ0v) is 9.68. The molecule has 1 aromatic rings. The van der Waals surface area contributed by atoms with Crippen molar-refractivity contribution in [2.45, 2.75) is 13.3 Å². The molecule has 0 fully saturated rings. The Morgan fingerprint density at radius 1 is 1.47 bits per heavy atom. The van der Waals surface area contributed by atoms with Crippen molar-refractivity contribution in [2.24, 2.45) is 5.84 Å². The Morgan fingerprint density at radius 2 is 2.24 bits per heavy atom. The molecular formula is C12H16N2O3. The summed E-state index contributed by atoms with van der Waals surface area (Å²) in [5.41, 5.74) is 2.80.